The van der Waals surface area contributed by atoms with Crippen molar-refractivity contribution in [2.75, 3.05) is 19.6 Å². The van der Waals surface area contributed by atoms with Gasteiger partial charge in [-0.25, -0.2) is 4.79 Å². The highest BCUT2D eigenvalue weighted by Crippen LogP contribution is 2.39. The molecule has 1 heterocycles. The summed E-state index contributed by atoms with van der Waals surface area (Å²) in [5.41, 5.74) is 6.45. The van der Waals surface area contributed by atoms with Gasteiger partial charge in [-0.3, -0.25) is 28.5 Å². The first-order valence-corrected chi connectivity index (χ1v) is 21.4. The van der Waals surface area contributed by atoms with E-state index in [1.54, 1.807) is 24.3 Å². The average molecular weight is 844 g/mol. The highest BCUT2D eigenvalue weighted by molar-refractivity contribution is 7.50. The number of primary amides is 1. The molecule has 0 bridgehead atoms. The zero-order valence-electron chi connectivity index (χ0n) is 33.0. The topological polar surface area (TPSA) is 255 Å². The fourth-order valence-electron chi connectivity index (χ4n) is 7.23. The Morgan fingerprint density at radius 1 is 0.800 bits per heavy atom. The molecule has 4 aromatic rings. The molecule has 4 aromatic carbocycles. The van der Waals surface area contributed by atoms with Gasteiger partial charge in [-0.2, -0.15) is 0 Å². The number of aryl methyl sites for hydroxylation is 1. The van der Waals surface area contributed by atoms with Crippen LogP contribution < -0.4 is 21.7 Å². The quantitative estimate of drug-likeness (QED) is 0.0531. The van der Waals surface area contributed by atoms with Gasteiger partial charge < -0.3 is 46.2 Å². The van der Waals surface area contributed by atoms with E-state index in [0.29, 0.717) is 24.0 Å². The summed E-state index contributed by atoms with van der Waals surface area (Å²) in [7, 11) is -4.35. The maximum absolute atomic E-state index is 14.4. The molecule has 0 radical (unpaired) electrons. The number of carbonyl (C=O) groups is 6. The molecule has 17 heteroatoms. The molecular formula is C43H50N5O11P. The third-order valence-corrected chi connectivity index (χ3v) is 11.2. The Kier molecular flexibility index (Phi) is 15.6. The van der Waals surface area contributed by atoms with Crippen molar-refractivity contribution in [3.05, 3.63) is 119 Å². The van der Waals surface area contributed by atoms with Crippen molar-refractivity contribution < 1.29 is 53.0 Å². The minimum absolute atomic E-state index is 0.00153. The highest BCUT2D eigenvalue weighted by atomic mass is 31.2. The van der Waals surface area contributed by atoms with Crippen molar-refractivity contribution in [1.29, 1.82) is 0 Å². The van der Waals surface area contributed by atoms with Crippen molar-refractivity contribution in [3.63, 3.8) is 0 Å². The van der Waals surface area contributed by atoms with E-state index < -0.39 is 79.8 Å². The molecule has 1 saturated heterocycles. The molecule has 60 heavy (non-hydrogen) atoms. The minimum atomic E-state index is -4.35. The lowest BCUT2D eigenvalue weighted by atomic mass is 9.84. The Morgan fingerprint density at radius 2 is 1.45 bits per heavy atom. The zero-order chi connectivity index (χ0) is 43.3. The number of rotatable bonds is 19. The molecule has 1 aliphatic rings. The van der Waals surface area contributed by atoms with Gasteiger partial charge in [0, 0.05) is 19.6 Å². The Hall–Kier alpha value is -6.09. The summed E-state index contributed by atoms with van der Waals surface area (Å²) in [6, 6.07) is 27.5. The second-order valence-corrected chi connectivity index (χ2v) is 16.6. The Labute approximate surface area is 347 Å². The first kappa shape index (κ1) is 45.0. The molecule has 1 fully saturated rings. The van der Waals surface area contributed by atoms with Gasteiger partial charge in [-0.1, -0.05) is 97.1 Å². The number of fused-ring (bicyclic) bond motifs is 1. The van der Waals surface area contributed by atoms with Gasteiger partial charge in [0.05, 0.1) is 24.9 Å². The van der Waals surface area contributed by atoms with Crippen molar-refractivity contribution >= 4 is 54.1 Å². The van der Waals surface area contributed by atoms with Gasteiger partial charge in [0.2, 0.25) is 23.6 Å². The number of hydrogen-bond donors (Lipinski definition) is 7. The van der Waals surface area contributed by atoms with Crippen LogP contribution in [0.5, 0.6) is 0 Å². The van der Waals surface area contributed by atoms with Gasteiger partial charge in [-0.05, 0) is 65.1 Å². The number of amides is 5. The number of nitrogens with zero attached hydrogens (tertiary/aromatic N) is 1. The number of likely N-dealkylation sites (tertiary alicyclic amines) is 1. The third-order valence-electron chi connectivity index (χ3n) is 10.4. The van der Waals surface area contributed by atoms with Gasteiger partial charge in [0.1, 0.15) is 18.2 Å². The van der Waals surface area contributed by atoms with Gasteiger partial charge in [0.25, 0.3) is 0 Å². The molecular weight excluding hydrogens is 793 g/mol. The van der Waals surface area contributed by atoms with E-state index in [4.69, 9.17) is 10.5 Å². The molecule has 0 aromatic heterocycles. The summed E-state index contributed by atoms with van der Waals surface area (Å²) >= 11 is 0. The standard InChI is InChI=1S/C43H50N5O11P/c44-37(49)26-36(40(53)45-21-7-13-33-12-6-11-32-10-4-5-14-35(32)33)46-41(54)43(19-22-48(23-20-43)42(55)59-27-30-8-2-1-3-9-30)47-39(52)34(25-38(50)51)24-29-15-17-31(18-16-29)28-60(56,57)58/h1-6,8-12,14-18,34,36H,7,13,19-28H2,(H2,44,49)(H,45,53)(H,46,54)(H,47,52)(H,50,51)(H2,56,57,58)/t34-,36+/m1/s1. The van der Waals surface area contributed by atoms with Crippen LogP contribution in [0.2, 0.25) is 0 Å². The zero-order valence-corrected chi connectivity index (χ0v) is 33.9. The molecule has 318 valence electrons. The van der Waals surface area contributed by atoms with E-state index in [9.17, 15) is 48.2 Å². The second-order valence-electron chi connectivity index (χ2n) is 15.0. The molecule has 0 aliphatic carbocycles. The second kappa shape index (κ2) is 20.7. The van der Waals surface area contributed by atoms with Crippen molar-refractivity contribution in [2.45, 2.75) is 69.3 Å². The number of nitrogens with one attached hydrogen (secondary N) is 3. The van der Waals surface area contributed by atoms with Crippen LogP contribution in [-0.4, -0.2) is 86.7 Å². The van der Waals surface area contributed by atoms with E-state index in [2.05, 4.69) is 16.0 Å². The molecule has 1 aliphatic heterocycles. The number of carboxylic acid groups (broad SMARTS) is 1. The molecule has 2 atom stereocenters. The Bertz CT molecular complexity index is 2200. The Morgan fingerprint density at radius 3 is 2.12 bits per heavy atom. The normalized spacial score (nSPS) is 14.7. The lowest BCUT2D eigenvalue weighted by Gasteiger charge is -2.41. The number of ether oxygens (including phenoxy) is 1. The molecule has 0 spiro atoms. The van der Waals surface area contributed by atoms with E-state index in [0.717, 1.165) is 21.9 Å². The van der Waals surface area contributed by atoms with Crippen molar-refractivity contribution in [1.82, 2.24) is 20.9 Å². The SMILES string of the molecule is NC(=O)C[C@H](NC(=O)C1(NC(=O)[C@@H](CC(=O)O)Cc2ccc(CP(=O)(O)O)cc2)CCN(C(=O)OCc2ccccc2)CC1)C(=O)NCCCc1cccc2ccccc12. The van der Waals surface area contributed by atoms with Crippen molar-refractivity contribution in [2.24, 2.45) is 11.7 Å². The molecule has 5 rings (SSSR count). The Balaban J connectivity index is 1.31. The van der Waals surface area contributed by atoms with Gasteiger partial charge in [-0.15, -0.1) is 0 Å². The number of carbonyl (C=O) groups excluding carboxylic acids is 5. The highest BCUT2D eigenvalue weighted by Gasteiger charge is 2.46. The van der Waals surface area contributed by atoms with Crippen LogP contribution >= 0.6 is 7.60 Å². The summed E-state index contributed by atoms with van der Waals surface area (Å²) < 4.78 is 17.0. The lowest BCUT2D eigenvalue weighted by Crippen LogP contribution is -2.66. The van der Waals surface area contributed by atoms with Crippen LogP contribution in [0.1, 0.15) is 54.4 Å². The number of aliphatic carboxylic acids is 1. The number of benzene rings is 4. The number of nitrogens with two attached hydrogens (primary N) is 1. The maximum atomic E-state index is 14.4. The maximum Gasteiger partial charge on any atom is 0.410 e. The fraction of sp³-hybridized carbons (Fsp3) is 0.349. The largest absolute Gasteiger partial charge is 0.481 e. The summed E-state index contributed by atoms with van der Waals surface area (Å²) in [4.78, 5) is 99.2. The van der Waals surface area contributed by atoms with Crippen LogP contribution in [0.25, 0.3) is 10.8 Å². The van der Waals surface area contributed by atoms with E-state index in [-0.39, 0.29) is 45.5 Å². The lowest BCUT2D eigenvalue weighted by molar-refractivity contribution is -0.143. The number of hydrogen-bond acceptors (Lipinski definition) is 8. The molecule has 0 saturated carbocycles. The first-order chi connectivity index (χ1) is 28.6. The van der Waals surface area contributed by atoms with Crippen LogP contribution in [0.15, 0.2) is 97.1 Å². The number of piperidine rings is 1. The summed E-state index contributed by atoms with van der Waals surface area (Å²) in [6.07, 6.45) is -1.56. The summed E-state index contributed by atoms with van der Waals surface area (Å²) in [6.45, 7) is 0.0907. The van der Waals surface area contributed by atoms with Crippen LogP contribution in [0.3, 0.4) is 0 Å². The van der Waals surface area contributed by atoms with Crippen molar-refractivity contribution in [3.8, 4) is 0 Å². The van der Waals surface area contributed by atoms with E-state index in [1.165, 1.54) is 29.2 Å². The fourth-order valence-corrected chi connectivity index (χ4v) is 7.92. The van der Waals surface area contributed by atoms with Gasteiger partial charge in [0.15, 0.2) is 0 Å². The minimum Gasteiger partial charge on any atom is -0.481 e. The number of carboxylic acids is 1. The van der Waals surface area contributed by atoms with Crippen LogP contribution in [0.4, 0.5) is 4.79 Å². The predicted molar refractivity (Wildman–Crippen MR) is 221 cm³/mol. The predicted octanol–water partition coefficient (Wildman–Crippen LogP) is 3.55. The molecule has 5 amide bonds. The third kappa shape index (κ3) is 13.2. The summed E-state index contributed by atoms with van der Waals surface area (Å²) in [5.74, 6) is -5.66. The van der Waals surface area contributed by atoms with Crippen LogP contribution in [-0.2, 0) is 58.9 Å². The smallest absolute Gasteiger partial charge is 0.410 e. The van der Waals surface area contributed by atoms with Gasteiger partial charge >= 0.3 is 19.7 Å². The summed E-state index contributed by atoms with van der Waals surface area (Å²) in [5, 5.41) is 20.1. The first-order valence-electron chi connectivity index (χ1n) is 19.6. The molecule has 0 unspecified atom stereocenters. The van der Waals surface area contributed by atoms with Crippen LogP contribution in [0, 0.1) is 5.92 Å². The average Bonchev–Trinajstić information content (AvgIpc) is 3.21. The molecule has 16 nitrogen and oxygen atoms in total. The van der Waals surface area contributed by atoms with E-state index >= 15 is 0 Å². The monoisotopic (exact) mass is 843 g/mol. The van der Waals surface area contributed by atoms with E-state index in [1.807, 2.05) is 48.5 Å². The molecule has 8 N–H and O–H groups in total.